The molecule has 1 amide bonds. The SMILES string of the molecule is CC1(C(=O)NCC(O)C2CC2)CCCC1. The van der Waals surface area contributed by atoms with Crippen molar-refractivity contribution in [2.24, 2.45) is 11.3 Å². The lowest BCUT2D eigenvalue weighted by Crippen LogP contribution is -2.41. The topological polar surface area (TPSA) is 49.3 Å². The average Bonchev–Trinajstić information content (AvgIpc) is 2.98. The standard InChI is InChI=1S/C12H21NO2/c1-12(6-2-3-7-12)11(15)13-8-10(14)9-4-5-9/h9-10,14H,2-8H2,1H3,(H,13,15). The molecule has 0 bridgehead atoms. The van der Waals surface area contributed by atoms with Crippen LogP contribution in [0.2, 0.25) is 0 Å². The van der Waals surface area contributed by atoms with Gasteiger partial charge in [0, 0.05) is 12.0 Å². The van der Waals surface area contributed by atoms with Crippen LogP contribution in [0.5, 0.6) is 0 Å². The molecule has 1 atom stereocenters. The number of aliphatic hydroxyl groups is 1. The predicted octanol–water partition coefficient (Wildman–Crippen LogP) is 1.45. The highest BCUT2D eigenvalue weighted by atomic mass is 16.3. The van der Waals surface area contributed by atoms with Crippen LogP contribution in [0.4, 0.5) is 0 Å². The first-order valence-corrected chi connectivity index (χ1v) is 6.08. The number of hydrogen-bond donors (Lipinski definition) is 2. The third-order valence-corrected chi connectivity index (χ3v) is 3.89. The van der Waals surface area contributed by atoms with Crippen molar-refractivity contribution in [1.82, 2.24) is 5.32 Å². The van der Waals surface area contributed by atoms with Crippen molar-refractivity contribution in [2.45, 2.75) is 51.6 Å². The van der Waals surface area contributed by atoms with E-state index in [1.54, 1.807) is 0 Å². The Balaban J connectivity index is 1.75. The maximum atomic E-state index is 11.9. The summed E-state index contributed by atoms with van der Waals surface area (Å²) in [6, 6.07) is 0. The van der Waals surface area contributed by atoms with Crippen LogP contribution in [-0.4, -0.2) is 23.7 Å². The van der Waals surface area contributed by atoms with Gasteiger partial charge in [-0.1, -0.05) is 19.8 Å². The summed E-state index contributed by atoms with van der Waals surface area (Å²) in [6.07, 6.45) is 6.24. The summed E-state index contributed by atoms with van der Waals surface area (Å²) in [5.74, 6) is 0.585. The zero-order chi connectivity index (χ0) is 10.9. The lowest BCUT2D eigenvalue weighted by atomic mass is 9.88. The second-order valence-corrected chi connectivity index (χ2v) is 5.38. The van der Waals surface area contributed by atoms with E-state index in [2.05, 4.69) is 5.32 Å². The Hall–Kier alpha value is -0.570. The molecule has 2 N–H and O–H groups in total. The monoisotopic (exact) mass is 211 g/mol. The van der Waals surface area contributed by atoms with Gasteiger partial charge in [-0.2, -0.15) is 0 Å². The van der Waals surface area contributed by atoms with E-state index >= 15 is 0 Å². The predicted molar refractivity (Wildman–Crippen MR) is 58.3 cm³/mol. The molecule has 15 heavy (non-hydrogen) atoms. The molecule has 3 heteroatoms. The van der Waals surface area contributed by atoms with E-state index in [0.717, 1.165) is 38.5 Å². The molecule has 0 aliphatic heterocycles. The van der Waals surface area contributed by atoms with Crippen LogP contribution < -0.4 is 5.32 Å². The minimum atomic E-state index is -0.320. The van der Waals surface area contributed by atoms with Crippen LogP contribution >= 0.6 is 0 Å². The minimum absolute atomic E-state index is 0.139. The third-order valence-electron chi connectivity index (χ3n) is 3.89. The molecule has 0 saturated heterocycles. The van der Waals surface area contributed by atoms with Crippen molar-refractivity contribution in [1.29, 1.82) is 0 Å². The zero-order valence-electron chi connectivity index (χ0n) is 9.46. The van der Waals surface area contributed by atoms with Crippen molar-refractivity contribution < 1.29 is 9.90 Å². The largest absolute Gasteiger partial charge is 0.391 e. The minimum Gasteiger partial charge on any atom is -0.391 e. The van der Waals surface area contributed by atoms with E-state index in [4.69, 9.17) is 0 Å². The molecule has 2 fully saturated rings. The molecule has 2 rings (SSSR count). The Morgan fingerprint density at radius 2 is 2.07 bits per heavy atom. The first-order valence-electron chi connectivity index (χ1n) is 6.08. The normalized spacial score (nSPS) is 26.3. The summed E-state index contributed by atoms with van der Waals surface area (Å²) in [5, 5.41) is 12.5. The van der Waals surface area contributed by atoms with Gasteiger partial charge in [-0.05, 0) is 31.6 Å². The number of rotatable bonds is 4. The molecule has 0 radical (unpaired) electrons. The second kappa shape index (κ2) is 4.12. The molecular weight excluding hydrogens is 190 g/mol. The maximum Gasteiger partial charge on any atom is 0.226 e. The fraction of sp³-hybridized carbons (Fsp3) is 0.917. The van der Waals surface area contributed by atoms with Crippen molar-refractivity contribution in [3.8, 4) is 0 Å². The van der Waals surface area contributed by atoms with Gasteiger partial charge in [-0.25, -0.2) is 0 Å². The molecule has 2 saturated carbocycles. The smallest absolute Gasteiger partial charge is 0.226 e. The number of aliphatic hydroxyl groups excluding tert-OH is 1. The zero-order valence-corrected chi connectivity index (χ0v) is 9.46. The number of carbonyl (C=O) groups excluding carboxylic acids is 1. The van der Waals surface area contributed by atoms with Crippen LogP contribution in [0.25, 0.3) is 0 Å². The maximum absolute atomic E-state index is 11.9. The third kappa shape index (κ3) is 2.51. The number of hydrogen-bond acceptors (Lipinski definition) is 2. The second-order valence-electron chi connectivity index (χ2n) is 5.38. The highest BCUT2D eigenvalue weighted by Crippen LogP contribution is 2.37. The Morgan fingerprint density at radius 1 is 1.47 bits per heavy atom. The fourth-order valence-electron chi connectivity index (χ4n) is 2.44. The van der Waals surface area contributed by atoms with Crippen LogP contribution in [-0.2, 0) is 4.79 Å². The van der Waals surface area contributed by atoms with Gasteiger partial charge in [0.2, 0.25) is 5.91 Å². The summed E-state index contributed by atoms with van der Waals surface area (Å²) in [5.41, 5.74) is -0.163. The molecule has 0 aromatic carbocycles. The van der Waals surface area contributed by atoms with Gasteiger partial charge in [0.25, 0.3) is 0 Å². The molecule has 0 aromatic rings. The number of amides is 1. The quantitative estimate of drug-likeness (QED) is 0.739. The molecule has 0 heterocycles. The van der Waals surface area contributed by atoms with Crippen molar-refractivity contribution in [3.05, 3.63) is 0 Å². The summed E-state index contributed by atoms with van der Waals surface area (Å²) in [6.45, 7) is 2.48. The van der Waals surface area contributed by atoms with E-state index < -0.39 is 0 Å². The lowest BCUT2D eigenvalue weighted by molar-refractivity contribution is -0.130. The van der Waals surface area contributed by atoms with Gasteiger partial charge >= 0.3 is 0 Å². The summed E-state index contributed by atoms with van der Waals surface area (Å²) in [4.78, 5) is 11.9. The van der Waals surface area contributed by atoms with Crippen LogP contribution in [0.15, 0.2) is 0 Å². The summed E-state index contributed by atoms with van der Waals surface area (Å²) < 4.78 is 0. The first kappa shape index (κ1) is 10.9. The molecule has 1 unspecified atom stereocenters. The number of nitrogens with one attached hydrogen (secondary N) is 1. The molecule has 3 nitrogen and oxygen atoms in total. The summed E-state index contributed by atoms with van der Waals surface area (Å²) in [7, 11) is 0. The molecule has 2 aliphatic carbocycles. The van der Waals surface area contributed by atoms with Gasteiger partial charge in [-0.15, -0.1) is 0 Å². The fourth-order valence-corrected chi connectivity index (χ4v) is 2.44. The van der Waals surface area contributed by atoms with E-state index in [1.165, 1.54) is 0 Å². The number of carbonyl (C=O) groups is 1. The molecule has 2 aliphatic rings. The van der Waals surface area contributed by atoms with Crippen molar-refractivity contribution >= 4 is 5.91 Å². The molecule has 86 valence electrons. The van der Waals surface area contributed by atoms with E-state index in [1.807, 2.05) is 6.92 Å². The van der Waals surface area contributed by atoms with Crippen molar-refractivity contribution in [3.63, 3.8) is 0 Å². The lowest BCUT2D eigenvalue weighted by Gasteiger charge is -2.23. The molecule has 0 aromatic heterocycles. The van der Waals surface area contributed by atoms with Gasteiger partial charge < -0.3 is 10.4 Å². The van der Waals surface area contributed by atoms with E-state index in [9.17, 15) is 9.90 Å². The van der Waals surface area contributed by atoms with Crippen molar-refractivity contribution in [2.75, 3.05) is 6.54 Å². The van der Waals surface area contributed by atoms with E-state index in [0.29, 0.717) is 12.5 Å². The van der Waals surface area contributed by atoms with Gasteiger partial charge in [0.1, 0.15) is 0 Å². The van der Waals surface area contributed by atoms with Gasteiger partial charge in [-0.3, -0.25) is 4.79 Å². The Morgan fingerprint density at radius 3 is 2.60 bits per heavy atom. The van der Waals surface area contributed by atoms with Crippen LogP contribution in [0.3, 0.4) is 0 Å². The van der Waals surface area contributed by atoms with Crippen LogP contribution in [0, 0.1) is 11.3 Å². The van der Waals surface area contributed by atoms with E-state index in [-0.39, 0.29) is 17.4 Å². The molecular formula is C12H21NO2. The summed E-state index contributed by atoms with van der Waals surface area (Å²) >= 11 is 0. The van der Waals surface area contributed by atoms with Crippen LogP contribution in [0.1, 0.15) is 45.4 Å². The van der Waals surface area contributed by atoms with Gasteiger partial charge in [0.05, 0.1) is 6.10 Å². The average molecular weight is 211 g/mol. The first-order chi connectivity index (χ1) is 7.12. The Bertz CT molecular complexity index is 242. The van der Waals surface area contributed by atoms with Gasteiger partial charge in [0.15, 0.2) is 0 Å². The Kier molecular flexibility index (Phi) is 3.01. The highest BCUT2D eigenvalue weighted by Gasteiger charge is 2.37. The molecule has 0 spiro atoms. The highest BCUT2D eigenvalue weighted by molar-refractivity contribution is 5.82. The Labute approximate surface area is 91.2 Å².